The number of hydrogen-bond acceptors (Lipinski definition) is 3. The van der Waals surface area contributed by atoms with E-state index in [0.717, 1.165) is 10.2 Å². The Morgan fingerprint density at radius 1 is 1.30 bits per heavy atom. The molecule has 1 aromatic heterocycles. The predicted molar refractivity (Wildman–Crippen MR) is 77.9 cm³/mol. The molecule has 0 fully saturated rings. The van der Waals surface area contributed by atoms with Crippen molar-refractivity contribution in [1.29, 1.82) is 0 Å². The van der Waals surface area contributed by atoms with Gasteiger partial charge in [-0.25, -0.2) is 9.48 Å². The van der Waals surface area contributed by atoms with Gasteiger partial charge < -0.3 is 16.4 Å². The van der Waals surface area contributed by atoms with E-state index in [-0.39, 0.29) is 11.4 Å². The highest BCUT2D eigenvalue weighted by molar-refractivity contribution is 9.10. The van der Waals surface area contributed by atoms with Crippen molar-refractivity contribution in [2.45, 2.75) is 0 Å². The van der Waals surface area contributed by atoms with Crippen LogP contribution in [0.5, 0.6) is 0 Å². The number of urea groups is 1. The summed E-state index contributed by atoms with van der Waals surface area (Å²) >= 11 is 3.33. The predicted octanol–water partition coefficient (Wildman–Crippen LogP) is 1.48. The normalized spacial score (nSPS) is 10.1. The minimum Gasteiger partial charge on any atom is -0.364 e. The number of aromatic nitrogens is 2. The van der Waals surface area contributed by atoms with Gasteiger partial charge in [0.05, 0.1) is 17.6 Å². The number of amides is 3. The van der Waals surface area contributed by atoms with Gasteiger partial charge in [0, 0.05) is 11.5 Å². The number of rotatable bonds is 3. The van der Waals surface area contributed by atoms with Crippen LogP contribution in [0.2, 0.25) is 0 Å². The third-order valence-corrected chi connectivity index (χ3v) is 3.04. The van der Waals surface area contributed by atoms with E-state index in [4.69, 9.17) is 5.73 Å². The van der Waals surface area contributed by atoms with Crippen LogP contribution in [-0.4, -0.2) is 28.8 Å². The topological polar surface area (TPSA) is 102 Å². The maximum Gasteiger partial charge on any atom is 0.319 e. The summed E-state index contributed by atoms with van der Waals surface area (Å²) in [6.45, 7) is 0. The number of carbonyl (C=O) groups excluding carboxylic acids is 2. The molecule has 0 aliphatic rings. The summed E-state index contributed by atoms with van der Waals surface area (Å²) < 4.78 is 2.39. The molecule has 2 rings (SSSR count). The summed E-state index contributed by atoms with van der Waals surface area (Å²) in [5.74, 6) is -0.715. The Labute approximate surface area is 123 Å². The molecule has 0 aliphatic heterocycles. The number of nitrogens with two attached hydrogens (primary N) is 1. The maximum absolute atomic E-state index is 11.4. The van der Waals surface area contributed by atoms with Gasteiger partial charge in [-0.3, -0.25) is 4.79 Å². The molecule has 0 radical (unpaired) electrons. The van der Waals surface area contributed by atoms with E-state index >= 15 is 0 Å². The highest BCUT2D eigenvalue weighted by Crippen LogP contribution is 2.18. The second-order valence-electron chi connectivity index (χ2n) is 3.88. The largest absolute Gasteiger partial charge is 0.364 e. The summed E-state index contributed by atoms with van der Waals surface area (Å²) in [4.78, 5) is 22.7. The first-order valence-electron chi connectivity index (χ1n) is 5.65. The number of nitrogens with zero attached hydrogens (tertiary/aromatic N) is 2. The molecule has 0 saturated carbocycles. The van der Waals surface area contributed by atoms with E-state index in [1.165, 1.54) is 17.9 Å². The van der Waals surface area contributed by atoms with E-state index in [1.807, 2.05) is 24.3 Å². The van der Waals surface area contributed by atoms with Gasteiger partial charge >= 0.3 is 6.03 Å². The molecular formula is C12H12BrN5O2. The lowest BCUT2D eigenvalue weighted by molar-refractivity contribution is 0.0996. The molecule has 8 heteroatoms. The van der Waals surface area contributed by atoms with Crippen molar-refractivity contribution in [1.82, 2.24) is 15.1 Å². The SMILES string of the molecule is CNC(=O)Nc1cn(-c2ccc(Br)cc2)nc1C(N)=O. The van der Waals surface area contributed by atoms with E-state index in [1.54, 1.807) is 0 Å². The highest BCUT2D eigenvalue weighted by atomic mass is 79.9. The molecule has 0 bridgehead atoms. The van der Waals surface area contributed by atoms with Crippen LogP contribution in [-0.2, 0) is 0 Å². The number of nitrogens with one attached hydrogen (secondary N) is 2. The Bertz CT molecular complexity index is 650. The quantitative estimate of drug-likeness (QED) is 0.790. The van der Waals surface area contributed by atoms with Crippen molar-refractivity contribution in [2.24, 2.45) is 5.73 Å². The molecule has 3 amide bonds. The molecule has 4 N–H and O–H groups in total. The molecule has 20 heavy (non-hydrogen) atoms. The van der Waals surface area contributed by atoms with Gasteiger partial charge in [0.2, 0.25) is 0 Å². The fourth-order valence-electron chi connectivity index (χ4n) is 1.56. The first kappa shape index (κ1) is 14.1. The summed E-state index contributed by atoms with van der Waals surface area (Å²) in [6.07, 6.45) is 1.53. The van der Waals surface area contributed by atoms with Crippen LogP contribution in [0, 0.1) is 0 Å². The first-order valence-corrected chi connectivity index (χ1v) is 6.44. The lowest BCUT2D eigenvalue weighted by Crippen LogP contribution is -2.26. The van der Waals surface area contributed by atoms with Crippen molar-refractivity contribution >= 4 is 33.6 Å². The number of anilines is 1. The van der Waals surface area contributed by atoms with E-state index < -0.39 is 11.9 Å². The number of hydrogen-bond donors (Lipinski definition) is 3. The van der Waals surface area contributed by atoms with Gasteiger partial charge in [-0.2, -0.15) is 5.10 Å². The standard InChI is InChI=1S/C12H12BrN5O2/c1-15-12(20)16-9-6-18(17-10(9)11(14)19)8-4-2-7(13)3-5-8/h2-6H,1H3,(H2,14,19)(H2,15,16,20). The summed E-state index contributed by atoms with van der Waals surface area (Å²) in [6, 6.07) is 6.85. The molecular weight excluding hydrogens is 326 g/mol. The fourth-order valence-corrected chi connectivity index (χ4v) is 1.82. The summed E-state index contributed by atoms with van der Waals surface area (Å²) in [7, 11) is 1.47. The van der Waals surface area contributed by atoms with E-state index in [0.29, 0.717) is 0 Å². The Morgan fingerprint density at radius 3 is 2.50 bits per heavy atom. The molecule has 0 aliphatic carbocycles. The number of benzene rings is 1. The van der Waals surface area contributed by atoms with Gasteiger partial charge in [0.15, 0.2) is 5.69 Å². The molecule has 104 valence electrons. The smallest absolute Gasteiger partial charge is 0.319 e. The average Bonchev–Trinajstić information content (AvgIpc) is 2.83. The molecule has 1 heterocycles. The minimum absolute atomic E-state index is 0.00322. The number of primary amides is 1. The third kappa shape index (κ3) is 2.97. The Balaban J connectivity index is 2.40. The van der Waals surface area contributed by atoms with Crippen LogP contribution < -0.4 is 16.4 Å². The number of carbonyl (C=O) groups is 2. The zero-order chi connectivity index (χ0) is 14.7. The van der Waals surface area contributed by atoms with Crippen molar-refractivity contribution in [3.63, 3.8) is 0 Å². The lowest BCUT2D eigenvalue weighted by atomic mass is 10.3. The van der Waals surface area contributed by atoms with Crippen LogP contribution >= 0.6 is 15.9 Å². The zero-order valence-electron chi connectivity index (χ0n) is 10.6. The number of halogens is 1. The van der Waals surface area contributed by atoms with Gasteiger partial charge in [-0.05, 0) is 24.3 Å². The van der Waals surface area contributed by atoms with Gasteiger partial charge in [-0.15, -0.1) is 0 Å². The van der Waals surface area contributed by atoms with Gasteiger partial charge in [0.1, 0.15) is 0 Å². The second-order valence-corrected chi connectivity index (χ2v) is 4.80. The summed E-state index contributed by atoms with van der Waals surface area (Å²) in [5.41, 5.74) is 6.24. The zero-order valence-corrected chi connectivity index (χ0v) is 12.1. The van der Waals surface area contributed by atoms with Crippen LogP contribution in [0.3, 0.4) is 0 Å². The lowest BCUT2D eigenvalue weighted by Gasteiger charge is -2.01. The Morgan fingerprint density at radius 2 is 1.95 bits per heavy atom. The average molecular weight is 338 g/mol. The third-order valence-electron chi connectivity index (χ3n) is 2.51. The van der Waals surface area contributed by atoms with Crippen molar-refractivity contribution < 1.29 is 9.59 Å². The molecule has 0 spiro atoms. The van der Waals surface area contributed by atoms with Crippen LogP contribution in [0.1, 0.15) is 10.5 Å². The van der Waals surface area contributed by atoms with Crippen molar-refractivity contribution in [3.05, 3.63) is 40.6 Å². The van der Waals surface area contributed by atoms with Crippen LogP contribution in [0.15, 0.2) is 34.9 Å². The fraction of sp³-hybridized carbons (Fsp3) is 0.0833. The van der Waals surface area contributed by atoms with E-state index in [2.05, 4.69) is 31.7 Å². The minimum atomic E-state index is -0.715. The molecule has 1 aromatic carbocycles. The Kier molecular flexibility index (Phi) is 4.04. The van der Waals surface area contributed by atoms with Crippen LogP contribution in [0.25, 0.3) is 5.69 Å². The molecule has 7 nitrogen and oxygen atoms in total. The molecule has 2 aromatic rings. The molecule has 0 unspecified atom stereocenters. The second kappa shape index (κ2) is 5.74. The maximum atomic E-state index is 11.4. The monoisotopic (exact) mass is 337 g/mol. The van der Waals surface area contributed by atoms with Crippen LogP contribution in [0.4, 0.5) is 10.5 Å². The van der Waals surface area contributed by atoms with Gasteiger partial charge in [-0.1, -0.05) is 15.9 Å². The van der Waals surface area contributed by atoms with Crippen molar-refractivity contribution in [3.8, 4) is 5.69 Å². The summed E-state index contributed by atoms with van der Waals surface area (Å²) in [5, 5.41) is 8.97. The van der Waals surface area contributed by atoms with Crippen molar-refractivity contribution in [2.75, 3.05) is 12.4 Å². The molecule has 0 atom stereocenters. The Hall–Kier alpha value is -2.35. The first-order chi connectivity index (χ1) is 9.51. The molecule has 0 saturated heterocycles. The van der Waals surface area contributed by atoms with Gasteiger partial charge in [0.25, 0.3) is 5.91 Å². The van der Waals surface area contributed by atoms with E-state index in [9.17, 15) is 9.59 Å². The highest BCUT2D eigenvalue weighted by Gasteiger charge is 2.16.